The maximum atomic E-state index is 12.0. The molecule has 0 radical (unpaired) electrons. The third kappa shape index (κ3) is 10.4. The number of aromatic nitrogens is 1. The number of allylic oxidation sites excluding steroid dienone is 1. The van der Waals surface area contributed by atoms with Gasteiger partial charge in [-0.2, -0.15) is 0 Å². The van der Waals surface area contributed by atoms with Crippen LogP contribution in [0.25, 0.3) is 5.57 Å². The van der Waals surface area contributed by atoms with Crippen LogP contribution in [0.4, 0.5) is 5.82 Å². The Kier molecular flexibility index (Phi) is 13.4. The molecule has 0 aliphatic carbocycles. The van der Waals surface area contributed by atoms with E-state index in [9.17, 15) is 4.79 Å². The van der Waals surface area contributed by atoms with Crippen molar-refractivity contribution in [2.24, 2.45) is 5.92 Å². The van der Waals surface area contributed by atoms with Crippen LogP contribution in [-0.4, -0.2) is 24.0 Å². The summed E-state index contributed by atoms with van der Waals surface area (Å²) in [6.07, 6.45) is 5.28. The molecular weight excluding hydrogens is 537 g/mol. The van der Waals surface area contributed by atoms with Crippen molar-refractivity contribution in [2.45, 2.75) is 73.1 Å². The smallest absolute Gasteiger partial charge is 0.257 e. The van der Waals surface area contributed by atoms with E-state index in [1.807, 2.05) is 20.8 Å². The molecule has 1 aliphatic rings. The molecule has 0 bridgehead atoms. The van der Waals surface area contributed by atoms with Gasteiger partial charge in [-0.25, -0.2) is 4.98 Å². The van der Waals surface area contributed by atoms with Gasteiger partial charge in [-0.05, 0) is 104 Å². The Balaban J connectivity index is 0.000000265. The fourth-order valence-electron chi connectivity index (χ4n) is 4.51. The quantitative estimate of drug-likeness (QED) is 0.315. The molecule has 2 aromatic carbocycles. The molecular formula is C34H45Cl2N3O. The highest BCUT2D eigenvalue weighted by atomic mass is 35.5. The minimum absolute atomic E-state index is 0.219. The molecule has 0 spiro atoms. The van der Waals surface area contributed by atoms with E-state index in [2.05, 4.69) is 68.1 Å². The summed E-state index contributed by atoms with van der Waals surface area (Å²) >= 11 is 11.6. The Morgan fingerprint density at radius 2 is 1.65 bits per heavy atom. The second-order valence-corrected chi connectivity index (χ2v) is 11.9. The molecule has 3 aromatic rings. The molecule has 1 amide bonds. The van der Waals surface area contributed by atoms with Crippen LogP contribution in [0.1, 0.15) is 87.0 Å². The van der Waals surface area contributed by atoms with Crippen molar-refractivity contribution in [3.05, 3.63) is 99.2 Å². The summed E-state index contributed by atoms with van der Waals surface area (Å²) in [6.45, 7) is 21.3. The van der Waals surface area contributed by atoms with Gasteiger partial charge in [0.15, 0.2) is 0 Å². The Labute approximate surface area is 251 Å². The van der Waals surface area contributed by atoms with Crippen molar-refractivity contribution in [2.75, 3.05) is 18.4 Å². The van der Waals surface area contributed by atoms with Crippen LogP contribution in [0.2, 0.25) is 10.0 Å². The van der Waals surface area contributed by atoms with Gasteiger partial charge >= 0.3 is 0 Å². The summed E-state index contributed by atoms with van der Waals surface area (Å²) in [5, 5.41) is 7.19. The van der Waals surface area contributed by atoms with Crippen molar-refractivity contribution in [1.29, 1.82) is 0 Å². The molecule has 1 aliphatic heterocycles. The van der Waals surface area contributed by atoms with Crippen LogP contribution < -0.4 is 10.6 Å². The molecule has 0 unspecified atom stereocenters. The average Bonchev–Trinajstić information content (AvgIpc) is 2.92. The van der Waals surface area contributed by atoms with Crippen molar-refractivity contribution < 1.29 is 4.79 Å². The van der Waals surface area contributed by atoms with E-state index in [4.69, 9.17) is 23.2 Å². The third-order valence-corrected chi connectivity index (χ3v) is 7.27. The lowest BCUT2D eigenvalue weighted by atomic mass is 9.81. The first-order valence-corrected chi connectivity index (χ1v) is 14.9. The first-order chi connectivity index (χ1) is 18.9. The molecule has 1 fully saturated rings. The van der Waals surface area contributed by atoms with E-state index < -0.39 is 0 Å². The minimum Gasteiger partial charge on any atom is -0.317 e. The number of amides is 1. The maximum Gasteiger partial charge on any atom is 0.257 e. The van der Waals surface area contributed by atoms with Gasteiger partial charge in [0.2, 0.25) is 0 Å². The summed E-state index contributed by atoms with van der Waals surface area (Å²) in [4.78, 5) is 16.0. The van der Waals surface area contributed by atoms with Crippen molar-refractivity contribution >= 4 is 40.5 Å². The molecule has 40 heavy (non-hydrogen) atoms. The standard InChI is InChI=1S/C19H29N.C13H10Cl2N2O.C2H6/c1-14(2)18-7-6-17(19(3,4)5)13-16(18)12-15-8-10-20-11-9-15;1-8-2-3-9(14)6-11(8)13(18)17-12-5-4-10(15)7-16-12;1-2/h6-7,13,15,20H,1,8-12H2,2-5H3;2-7H,1H3,(H,16,17,18);1-2H3. The fraction of sp³-hybridized carbons (Fsp3) is 0.412. The normalized spacial score (nSPS) is 13.3. The number of hydrogen-bond acceptors (Lipinski definition) is 3. The van der Waals surface area contributed by atoms with Crippen LogP contribution in [0.5, 0.6) is 0 Å². The zero-order valence-electron chi connectivity index (χ0n) is 25.1. The van der Waals surface area contributed by atoms with Gasteiger partial charge in [-0.15, -0.1) is 0 Å². The van der Waals surface area contributed by atoms with Gasteiger partial charge in [-0.1, -0.05) is 94.2 Å². The predicted molar refractivity (Wildman–Crippen MR) is 174 cm³/mol. The number of carbonyl (C=O) groups excluding carboxylic acids is 1. The maximum absolute atomic E-state index is 12.0. The van der Waals surface area contributed by atoms with Gasteiger partial charge in [0.05, 0.1) is 5.02 Å². The SMILES string of the molecule is C=C(C)c1ccc(C(C)(C)C)cc1CC1CCNCC1.CC.Cc1ccc(Cl)cc1C(=O)Nc1ccc(Cl)cn1. The van der Waals surface area contributed by atoms with Gasteiger partial charge < -0.3 is 10.6 Å². The van der Waals surface area contributed by atoms with E-state index in [1.54, 1.807) is 30.3 Å². The number of aryl methyl sites for hydroxylation is 1. The summed E-state index contributed by atoms with van der Waals surface area (Å²) < 4.78 is 0. The summed E-state index contributed by atoms with van der Waals surface area (Å²) in [5.74, 6) is 1.03. The minimum atomic E-state index is -0.246. The number of nitrogens with zero attached hydrogens (tertiary/aromatic N) is 1. The van der Waals surface area contributed by atoms with Crippen LogP contribution in [0.15, 0.2) is 61.3 Å². The Morgan fingerprint density at radius 3 is 2.23 bits per heavy atom. The lowest BCUT2D eigenvalue weighted by Crippen LogP contribution is -2.28. The van der Waals surface area contributed by atoms with Crippen LogP contribution in [0.3, 0.4) is 0 Å². The Morgan fingerprint density at radius 1 is 1.00 bits per heavy atom. The lowest BCUT2D eigenvalue weighted by molar-refractivity contribution is 0.102. The van der Waals surface area contributed by atoms with Crippen LogP contribution in [-0.2, 0) is 11.8 Å². The van der Waals surface area contributed by atoms with Crippen molar-refractivity contribution in [3.8, 4) is 0 Å². The number of rotatable bonds is 5. The number of pyridine rings is 1. The number of benzene rings is 2. The summed E-state index contributed by atoms with van der Waals surface area (Å²) in [6, 6.07) is 15.4. The third-order valence-electron chi connectivity index (χ3n) is 6.81. The molecule has 0 saturated carbocycles. The zero-order valence-corrected chi connectivity index (χ0v) is 26.6. The van der Waals surface area contributed by atoms with Gasteiger partial charge in [-0.3, -0.25) is 4.79 Å². The first-order valence-electron chi connectivity index (χ1n) is 14.1. The lowest BCUT2D eigenvalue weighted by Gasteiger charge is -2.26. The topological polar surface area (TPSA) is 54.0 Å². The Hall–Kier alpha value is -2.66. The monoisotopic (exact) mass is 581 g/mol. The fourth-order valence-corrected chi connectivity index (χ4v) is 4.80. The highest BCUT2D eigenvalue weighted by Crippen LogP contribution is 2.30. The van der Waals surface area contributed by atoms with Crippen molar-refractivity contribution in [1.82, 2.24) is 10.3 Å². The molecule has 0 atom stereocenters. The number of halogens is 2. The van der Waals surface area contributed by atoms with Gasteiger partial charge in [0, 0.05) is 16.8 Å². The second kappa shape index (κ2) is 16.0. The summed E-state index contributed by atoms with van der Waals surface area (Å²) in [5.41, 5.74) is 7.08. The first kappa shape index (κ1) is 33.5. The average molecular weight is 583 g/mol. The van der Waals surface area contributed by atoms with E-state index in [1.165, 1.54) is 60.8 Å². The second-order valence-electron chi connectivity index (χ2n) is 11.1. The zero-order chi connectivity index (χ0) is 29.9. The van der Waals surface area contributed by atoms with Crippen LogP contribution in [0, 0.1) is 12.8 Å². The largest absolute Gasteiger partial charge is 0.317 e. The summed E-state index contributed by atoms with van der Waals surface area (Å²) in [7, 11) is 0. The molecule has 4 rings (SSSR count). The number of carbonyl (C=O) groups is 1. The van der Waals surface area contributed by atoms with Crippen molar-refractivity contribution in [3.63, 3.8) is 0 Å². The van der Waals surface area contributed by atoms with Crippen LogP contribution >= 0.6 is 23.2 Å². The van der Waals surface area contributed by atoms with E-state index in [-0.39, 0.29) is 11.3 Å². The van der Waals surface area contributed by atoms with E-state index in [0.29, 0.717) is 21.4 Å². The molecule has 2 heterocycles. The van der Waals surface area contributed by atoms with Gasteiger partial charge in [0.1, 0.15) is 5.82 Å². The molecule has 6 heteroatoms. The van der Waals surface area contributed by atoms with Gasteiger partial charge in [0.25, 0.3) is 5.91 Å². The molecule has 4 nitrogen and oxygen atoms in total. The molecule has 216 valence electrons. The Bertz CT molecular complexity index is 1260. The van der Waals surface area contributed by atoms with E-state index >= 15 is 0 Å². The van der Waals surface area contributed by atoms with E-state index in [0.717, 1.165) is 11.5 Å². The highest BCUT2D eigenvalue weighted by molar-refractivity contribution is 6.31. The number of piperidine rings is 1. The molecule has 1 aromatic heterocycles. The predicted octanol–water partition coefficient (Wildman–Crippen LogP) is 9.53. The molecule has 2 N–H and O–H groups in total. The molecule has 1 saturated heterocycles. The number of hydrogen-bond donors (Lipinski definition) is 2. The number of anilines is 1. The number of nitrogens with one attached hydrogen (secondary N) is 2. The highest BCUT2D eigenvalue weighted by Gasteiger charge is 2.19.